The molecule has 2 N–H and O–H groups in total. The van der Waals surface area contributed by atoms with Crippen LogP contribution in [-0.2, 0) is 38.9 Å². The van der Waals surface area contributed by atoms with Gasteiger partial charge in [0.05, 0.1) is 22.8 Å². The molecule has 0 saturated heterocycles. The second-order valence-electron chi connectivity index (χ2n) is 14.5. The zero-order valence-electron chi connectivity index (χ0n) is 34.6. The maximum absolute atomic E-state index is 12.2. The van der Waals surface area contributed by atoms with Gasteiger partial charge in [0.25, 0.3) is 0 Å². The number of phenols is 2. The first kappa shape index (κ1) is 42.6. The SMILES string of the molecule is CCn1c(-c2cc(C)cc(-c3ccccc3)c2O)c(-c2cccc(-c3c(-c4cc(C)cc(-c5ccccc5)c4O)n(CC)c4ccccc34)n2)c2ccccc21.[CH3-].[CH3-].[Hf]. The molecule has 0 saturated carbocycles. The molecule has 9 rings (SSSR count). The average molecular weight is 938 g/mol. The van der Waals surface area contributed by atoms with E-state index in [0.717, 1.165) is 100 Å². The van der Waals surface area contributed by atoms with E-state index in [1.807, 2.05) is 60.7 Å². The van der Waals surface area contributed by atoms with E-state index in [9.17, 15) is 10.2 Å². The smallest absolute Gasteiger partial charge is 0.132 e. The van der Waals surface area contributed by atoms with Gasteiger partial charge in [0.15, 0.2) is 0 Å². The van der Waals surface area contributed by atoms with Crippen molar-refractivity contribution in [1.82, 2.24) is 14.1 Å². The minimum atomic E-state index is 0. The molecule has 3 heterocycles. The number of fused-ring (bicyclic) bond motifs is 2. The monoisotopic (exact) mass is 939 g/mol. The van der Waals surface area contributed by atoms with Gasteiger partial charge in [-0.3, -0.25) is 0 Å². The van der Waals surface area contributed by atoms with Gasteiger partial charge in [0.1, 0.15) is 11.5 Å². The molecule has 0 bridgehead atoms. The van der Waals surface area contributed by atoms with E-state index in [1.165, 1.54) is 0 Å². The Morgan fingerprint density at radius 3 is 1.20 bits per heavy atom. The summed E-state index contributed by atoms with van der Waals surface area (Å²) in [7, 11) is 0. The summed E-state index contributed by atoms with van der Waals surface area (Å²) in [6.07, 6.45) is 0. The molecule has 59 heavy (non-hydrogen) atoms. The molecule has 0 radical (unpaired) electrons. The summed E-state index contributed by atoms with van der Waals surface area (Å²) in [5.74, 6) is 0.489. The van der Waals surface area contributed by atoms with E-state index < -0.39 is 0 Å². The van der Waals surface area contributed by atoms with Crippen LogP contribution in [0, 0.1) is 28.7 Å². The minimum Gasteiger partial charge on any atom is -0.507 e. The molecular formula is C53H49HfN3O2-2. The molecule has 0 aliphatic carbocycles. The number of benzene rings is 6. The van der Waals surface area contributed by atoms with Gasteiger partial charge in [0.2, 0.25) is 0 Å². The fraction of sp³-hybridized carbons (Fsp3) is 0.113. The summed E-state index contributed by atoms with van der Waals surface area (Å²) >= 11 is 0. The Balaban J connectivity index is 0.00000195. The fourth-order valence-corrected chi connectivity index (χ4v) is 8.65. The van der Waals surface area contributed by atoms with E-state index in [2.05, 4.69) is 128 Å². The van der Waals surface area contributed by atoms with E-state index in [0.29, 0.717) is 13.1 Å². The van der Waals surface area contributed by atoms with Gasteiger partial charge in [-0.05, 0) is 98.5 Å². The second kappa shape index (κ2) is 17.5. The van der Waals surface area contributed by atoms with Crippen LogP contribution in [0.5, 0.6) is 11.5 Å². The molecule has 0 aliphatic rings. The number of aromatic nitrogens is 3. The minimum absolute atomic E-state index is 0. The average Bonchev–Trinajstić information content (AvgIpc) is 3.75. The van der Waals surface area contributed by atoms with Gasteiger partial charge >= 0.3 is 0 Å². The van der Waals surface area contributed by atoms with Crippen molar-refractivity contribution >= 4 is 21.8 Å². The first-order valence-corrected chi connectivity index (χ1v) is 19.4. The van der Waals surface area contributed by atoms with Gasteiger partial charge in [-0.25, -0.2) is 4.98 Å². The quantitative estimate of drug-likeness (QED) is 0.118. The standard InChI is InChI=1S/C51H43N3O2.2CH3.Hf/c1-5-53-44-26-15-13-22-36(44)46(48(53)40-30-32(3)28-38(50(40)55)34-18-9-7-10-19-34)42-24-17-25-43(52-42)47-37-23-14-16-27-45(37)54(6-2)49(47)41-31-33(4)29-39(51(41)56)35-20-11-8-12-21-35;;;/h7-31,55-56H,5-6H2,1-4H3;2*1H3;/q;2*-1;. The van der Waals surface area contributed by atoms with E-state index in [-0.39, 0.29) is 52.2 Å². The van der Waals surface area contributed by atoms with Gasteiger partial charge in [-0.15, -0.1) is 0 Å². The maximum Gasteiger partial charge on any atom is 0.132 e. The van der Waals surface area contributed by atoms with E-state index in [4.69, 9.17) is 4.98 Å². The third-order valence-electron chi connectivity index (χ3n) is 11.0. The van der Waals surface area contributed by atoms with Crippen LogP contribution in [-0.4, -0.2) is 24.3 Å². The van der Waals surface area contributed by atoms with Crippen LogP contribution >= 0.6 is 0 Å². The Bertz CT molecular complexity index is 2730. The molecule has 0 amide bonds. The largest absolute Gasteiger partial charge is 0.507 e. The Hall–Kier alpha value is -5.98. The van der Waals surface area contributed by atoms with Crippen LogP contribution in [0.2, 0.25) is 0 Å². The summed E-state index contributed by atoms with van der Waals surface area (Å²) in [6.45, 7) is 9.88. The topological polar surface area (TPSA) is 63.2 Å². The number of aryl methyl sites for hydroxylation is 4. The Morgan fingerprint density at radius 1 is 0.458 bits per heavy atom. The zero-order chi connectivity index (χ0) is 38.5. The molecule has 0 aliphatic heterocycles. The number of hydrogen-bond donors (Lipinski definition) is 2. The first-order valence-electron chi connectivity index (χ1n) is 19.4. The summed E-state index contributed by atoms with van der Waals surface area (Å²) in [5, 5.41) is 26.5. The Labute approximate surface area is 367 Å². The van der Waals surface area contributed by atoms with E-state index in [1.54, 1.807) is 0 Å². The number of phenolic OH excluding ortho intramolecular Hbond substituents is 2. The number of para-hydroxylation sites is 2. The normalized spacial score (nSPS) is 10.9. The Morgan fingerprint density at radius 2 is 0.814 bits per heavy atom. The summed E-state index contributed by atoms with van der Waals surface area (Å²) in [6, 6.07) is 51.6. The van der Waals surface area contributed by atoms with Crippen molar-refractivity contribution in [3.63, 3.8) is 0 Å². The number of hydrogen-bond acceptors (Lipinski definition) is 3. The van der Waals surface area contributed by atoms with Gasteiger partial charge in [0, 0.05) is 94.1 Å². The number of pyridine rings is 1. The Kier molecular flexibility index (Phi) is 12.6. The van der Waals surface area contributed by atoms with Crippen LogP contribution < -0.4 is 0 Å². The number of aromatic hydroxyl groups is 2. The maximum atomic E-state index is 12.2. The molecule has 0 unspecified atom stereocenters. The van der Waals surface area contributed by atoms with Crippen LogP contribution in [0.1, 0.15) is 25.0 Å². The zero-order valence-corrected chi connectivity index (χ0v) is 38.2. The summed E-state index contributed by atoms with van der Waals surface area (Å²) < 4.78 is 4.60. The number of nitrogens with zero attached hydrogens (tertiary/aromatic N) is 3. The van der Waals surface area contributed by atoms with Crippen LogP contribution in [0.4, 0.5) is 0 Å². The molecule has 6 aromatic carbocycles. The molecule has 5 nitrogen and oxygen atoms in total. The summed E-state index contributed by atoms with van der Waals surface area (Å²) in [5.41, 5.74) is 14.7. The molecular weight excluding hydrogens is 889 g/mol. The van der Waals surface area contributed by atoms with Crippen molar-refractivity contribution in [2.45, 2.75) is 40.8 Å². The third kappa shape index (κ3) is 7.25. The predicted octanol–water partition coefficient (Wildman–Crippen LogP) is 14.0. The van der Waals surface area contributed by atoms with Crippen molar-refractivity contribution in [2.24, 2.45) is 0 Å². The number of rotatable bonds is 8. The molecule has 294 valence electrons. The van der Waals surface area contributed by atoms with Crippen molar-refractivity contribution in [2.75, 3.05) is 0 Å². The van der Waals surface area contributed by atoms with E-state index >= 15 is 0 Å². The van der Waals surface area contributed by atoms with Crippen molar-refractivity contribution in [3.05, 3.63) is 178 Å². The summed E-state index contributed by atoms with van der Waals surface area (Å²) in [4.78, 5) is 5.56. The molecule has 9 aromatic rings. The molecule has 0 fully saturated rings. The van der Waals surface area contributed by atoms with Gasteiger partial charge in [-0.2, -0.15) is 0 Å². The fourth-order valence-electron chi connectivity index (χ4n) is 8.65. The predicted molar refractivity (Wildman–Crippen MR) is 245 cm³/mol. The molecule has 0 spiro atoms. The molecule has 3 aromatic heterocycles. The van der Waals surface area contributed by atoms with Crippen molar-refractivity contribution in [3.8, 4) is 78.8 Å². The van der Waals surface area contributed by atoms with Crippen LogP contribution in [0.25, 0.3) is 89.1 Å². The van der Waals surface area contributed by atoms with Crippen molar-refractivity contribution in [1.29, 1.82) is 0 Å². The third-order valence-corrected chi connectivity index (χ3v) is 11.0. The van der Waals surface area contributed by atoms with Gasteiger partial charge < -0.3 is 34.2 Å². The first-order chi connectivity index (χ1) is 27.4. The van der Waals surface area contributed by atoms with Gasteiger partial charge in [-0.1, -0.05) is 103 Å². The van der Waals surface area contributed by atoms with Crippen LogP contribution in [0.3, 0.4) is 0 Å². The van der Waals surface area contributed by atoms with Crippen molar-refractivity contribution < 1.29 is 36.1 Å². The molecule has 0 atom stereocenters. The van der Waals surface area contributed by atoms with Crippen LogP contribution in [0.15, 0.2) is 152 Å². The molecule has 6 heteroatoms. The second-order valence-corrected chi connectivity index (χ2v) is 14.5.